The van der Waals surface area contributed by atoms with Crippen molar-refractivity contribution in [2.24, 2.45) is 14.1 Å². The molecule has 3 aromatic rings. The molecule has 0 fully saturated rings. The maximum absolute atomic E-state index is 12.7. The Labute approximate surface area is 179 Å². The molecule has 164 valence electrons. The third-order valence-corrected chi connectivity index (χ3v) is 5.45. The Balaban J connectivity index is 1.90. The maximum Gasteiger partial charge on any atom is 0.332 e. The van der Waals surface area contributed by atoms with Crippen LogP contribution in [0, 0.1) is 13.8 Å². The number of pyridine rings is 1. The molecule has 2 aromatic heterocycles. The molecule has 3 rings (SSSR count). The second-order valence-electron chi connectivity index (χ2n) is 7.32. The SMILES string of the molecule is COc1ccc(OC)c(NC(=O)CCc2c(C)nc3c(c2C)c(=O)n(C)c(=O)n3C)c1. The van der Waals surface area contributed by atoms with Crippen molar-refractivity contribution in [1.29, 1.82) is 0 Å². The molecule has 0 unspecified atom stereocenters. The van der Waals surface area contributed by atoms with Crippen molar-refractivity contribution in [3.05, 3.63) is 55.9 Å². The maximum atomic E-state index is 12.7. The average Bonchev–Trinajstić information content (AvgIpc) is 2.75. The standard InChI is InChI=1S/C22H26N4O5/c1-12-15(13(2)23-20-19(12)21(28)26(4)22(29)25(20)3)8-10-18(27)24-16-11-14(30-5)7-9-17(16)31-6/h7,9,11H,8,10H2,1-6H3,(H,24,27). The minimum Gasteiger partial charge on any atom is -0.497 e. The van der Waals surface area contributed by atoms with Crippen LogP contribution in [0.4, 0.5) is 5.69 Å². The molecule has 0 bridgehead atoms. The molecule has 0 saturated heterocycles. The van der Waals surface area contributed by atoms with Crippen LogP contribution in [-0.2, 0) is 25.3 Å². The number of fused-ring (bicyclic) bond motifs is 1. The van der Waals surface area contributed by atoms with Crippen molar-refractivity contribution in [2.45, 2.75) is 26.7 Å². The van der Waals surface area contributed by atoms with Gasteiger partial charge in [0.1, 0.15) is 17.1 Å². The number of carbonyl (C=O) groups is 1. The van der Waals surface area contributed by atoms with Crippen LogP contribution >= 0.6 is 0 Å². The number of anilines is 1. The zero-order chi connectivity index (χ0) is 22.9. The first-order valence-electron chi connectivity index (χ1n) is 9.77. The van der Waals surface area contributed by atoms with Crippen LogP contribution < -0.4 is 26.0 Å². The summed E-state index contributed by atoms with van der Waals surface area (Å²) >= 11 is 0. The fraction of sp³-hybridized carbons (Fsp3) is 0.364. The number of aromatic nitrogens is 3. The Morgan fingerprint density at radius 2 is 1.81 bits per heavy atom. The lowest BCUT2D eigenvalue weighted by Crippen LogP contribution is -2.38. The number of hydrogen-bond acceptors (Lipinski definition) is 6. The zero-order valence-corrected chi connectivity index (χ0v) is 18.5. The lowest BCUT2D eigenvalue weighted by atomic mass is 10.00. The number of benzene rings is 1. The molecule has 0 radical (unpaired) electrons. The van der Waals surface area contributed by atoms with Gasteiger partial charge in [0, 0.05) is 32.3 Å². The number of methoxy groups -OCH3 is 2. The first kappa shape index (κ1) is 22.1. The minimum absolute atomic E-state index is 0.182. The number of amides is 1. The van der Waals surface area contributed by atoms with Gasteiger partial charge in [-0.25, -0.2) is 9.78 Å². The molecule has 2 heterocycles. The van der Waals surface area contributed by atoms with E-state index in [0.717, 1.165) is 15.7 Å². The highest BCUT2D eigenvalue weighted by molar-refractivity contribution is 5.93. The largest absolute Gasteiger partial charge is 0.497 e. The number of hydrogen-bond donors (Lipinski definition) is 1. The first-order chi connectivity index (χ1) is 14.7. The van der Waals surface area contributed by atoms with Crippen molar-refractivity contribution in [1.82, 2.24) is 14.1 Å². The lowest BCUT2D eigenvalue weighted by Gasteiger charge is -2.15. The summed E-state index contributed by atoms with van der Waals surface area (Å²) in [6, 6.07) is 5.15. The third-order valence-electron chi connectivity index (χ3n) is 5.45. The molecule has 1 amide bonds. The van der Waals surface area contributed by atoms with Crippen molar-refractivity contribution >= 4 is 22.6 Å². The number of nitrogens with one attached hydrogen (secondary N) is 1. The van der Waals surface area contributed by atoms with E-state index in [9.17, 15) is 14.4 Å². The summed E-state index contributed by atoms with van der Waals surface area (Å²) in [6.45, 7) is 3.63. The molecule has 1 aromatic carbocycles. The van der Waals surface area contributed by atoms with Crippen LogP contribution in [0.5, 0.6) is 11.5 Å². The molecule has 9 heteroatoms. The number of nitrogens with zero attached hydrogens (tertiary/aromatic N) is 3. The summed E-state index contributed by atoms with van der Waals surface area (Å²) < 4.78 is 12.9. The Bertz CT molecular complexity index is 1290. The minimum atomic E-state index is -0.428. The molecule has 0 aliphatic carbocycles. The van der Waals surface area contributed by atoms with E-state index in [-0.39, 0.29) is 12.3 Å². The van der Waals surface area contributed by atoms with Gasteiger partial charge in [-0.2, -0.15) is 0 Å². The van der Waals surface area contributed by atoms with Gasteiger partial charge in [0.05, 0.1) is 25.3 Å². The molecular weight excluding hydrogens is 400 g/mol. The van der Waals surface area contributed by atoms with Gasteiger partial charge < -0.3 is 14.8 Å². The second-order valence-corrected chi connectivity index (χ2v) is 7.32. The van der Waals surface area contributed by atoms with Crippen molar-refractivity contribution in [3.63, 3.8) is 0 Å². The summed E-state index contributed by atoms with van der Waals surface area (Å²) in [5.74, 6) is 0.917. The van der Waals surface area contributed by atoms with Crippen LogP contribution in [0.15, 0.2) is 27.8 Å². The van der Waals surface area contributed by atoms with E-state index in [1.165, 1.54) is 18.7 Å². The van der Waals surface area contributed by atoms with Crippen molar-refractivity contribution < 1.29 is 14.3 Å². The number of carbonyl (C=O) groups excluding carboxylic acids is 1. The van der Waals surface area contributed by atoms with Crippen molar-refractivity contribution in [3.8, 4) is 11.5 Å². The Kier molecular flexibility index (Phi) is 6.14. The van der Waals surface area contributed by atoms with Crippen LogP contribution in [0.1, 0.15) is 23.2 Å². The van der Waals surface area contributed by atoms with Gasteiger partial charge in [0.15, 0.2) is 0 Å². The van der Waals surface area contributed by atoms with Crippen LogP contribution in [0.3, 0.4) is 0 Å². The molecule has 0 aliphatic rings. The van der Waals surface area contributed by atoms with Gasteiger partial charge in [0.25, 0.3) is 5.56 Å². The Morgan fingerprint density at radius 1 is 1.10 bits per heavy atom. The topological polar surface area (TPSA) is 104 Å². The molecule has 0 spiro atoms. The predicted octanol–water partition coefficient (Wildman–Crippen LogP) is 1.84. The second kappa shape index (κ2) is 8.63. The van der Waals surface area contributed by atoms with Gasteiger partial charge in [0.2, 0.25) is 5.91 Å². The normalized spacial score (nSPS) is 10.9. The van der Waals surface area contributed by atoms with Gasteiger partial charge >= 0.3 is 5.69 Å². The average molecular weight is 426 g/mol. The smallest absolute Gasteiger partial charge is 0.332 e. The third kappa shape index (κ3) is 4.03. The van der Waals surface area contributed by atoms with Crippen LogP contribution in [0.2, 0.25) is 0 Å². The van der Waals surface area contributed by atoms with E-state index < -0.39 is 11.2 Å². The van der Waals surface area contributed by atoms with E-state index in [1.807, 2.05) is 13.8 Å². The first-order valence-corrected chi connectivity index (χ1v) is 9.77. The number of ether oxygens (including phenoxy) is 2. The van der Waals surface area contributed by atoms with E-state index >= 15 is 0 Å². The number of aryl methyl sites for hydroxylation is 3. The summed E-state index contributed by atoms with van der Waals surface area (Å²) in [6.07, 6.45) is 0.575. The molecule has 31 heavy (non-hydrogen) atoms. The highest BCUT2D eigenvalue weighted by Gasteiger charge is 2.18. The molecule has 0 saturated carbocycles. The molecular formula is C22H26N4O5. The quantitative estimate of drug-likeness (QED) is 0.645. The molecule has 9 nitrogen and oxygen atoms in total. The van der Waals surface area contributed by atoms with E-state index in [4.69, 9.17) is 9.47 Å². The van der Waals surface area contributed by atoms with Crippen LogP contribution in [0.25, 0.3) is 11.0 Å². The fourth-order valence-corrected chi connectivity index (χ4v) is 3.67. The van der Waals surface area contributed by atoms with E-state index in [0.29, 0.717) is 40.3 Å². The van der Waals surface area contributed by atoms with Gasteiger partial charge in [-0.05, 0) is 43.5 Å². The highest BCUT2D eigenvalue weighted by Crippen LogP contribution is 2.29. The molecule has 0 atom stereocenters. The number of rotatable bonds is 6. The summed E-state index contributed by atoms with van der Waals surface area (Å²) in [5.41, 5.74) is 2.26. The summed E-state index contributed by atoms with van der Waals surface area (Å²) in [7, 11) is 6.10. The summed E-state index contributed by atoms with van der Waals surface area (Å²) in [4.78, 5) is 42.0. The van der Waals surface area contributed by atoms with Gasteiger partial charge in [-0.15, -0.1) is 0 Å². The molecule has 0 aliphatic heterocycles. The van der Waals surface area contributed by atoms with E-state index in [2.05, 4.69) is 10.3 Å². The fourth-order valence-electron chi connectivity index (χ4n) is 3.67. The molecule has 1 N–H and O–H groups in total. The highest BCUT2D eigenvalue weighted by atomic mass is 16.5. The zero-order valence-electron chi connectivity index (χ0n) is 18.5. The van der Waals surface area contributed by atoms with Crippen molar-refractivity contribution in [2.75, 3.05) is 19.5 Å². The van der Waals surface area contributed by atoms with Gasteiger partial charge in [-0.3, -0.25) is 18.7 Å². The predicted molar refractivity (Wildman–Crippen MR) is 118 cm³/mol. The van der Waals surface area contributed by atoms with Gasteiger partial charge in [-0.1, -0.05) is 0 Å². The Morgan fingerprint density at radius 3 is 2.45 bits per heavy atom. The van der Waals surface area contributed by atoms with E-state index in [1.54, 1.807) is 32.4 Å². The van der Waals surface area contributed by atoms with Crippen LogP contribution in [-0.4, -0.2) is 34.2 Å². The monoisotopic (exact) mass is 426 g/mol. The summed E-state index contributed by atoms with van der Waals surface area (Å²) in [5, 5.41) is 3.23. The lowest BCUT2D eigenvalue weighted by molar-refractivity contribution is -0.116. The Hall–Kier alpha value is -3.62.